The summed E-state index contributed by atoms with van der Waals surface area (Å²) >= 11 is 0. The number of nitrogens with one attached hydrogen (secondary N) is 2. The molecule has 1 amide bonds. The van der Waals surface area contributed by atoms with Crippen LogP contribution in [0.25, 0.3) is 0 Å². The molecule has 3 nitrogen and oxygen atoms in total. The second kappa shape index (κ2) is 7.17. The maximum Gasteiger partial charge on any atom is 0.418 e. The summed E-state index contributed by atoms with van der Waals surface area (Å²) in [7, 11) is 0. The van der Waals surface area contributed by atoms with Gasteiger partial charge in [0.15, 0.2) is 0 Å². The molecule has 23 heavy (non-hydrogen) atoms. The van der Waals surface area contributed by atoms with Crippen LogP contribution >= 0.6 is 0 Å². The normalized spacial score (nSPS) is 11.1. The number of halogens is 3. The zero-order valence-electron chi connectivity index (χ0n) is 12.6. The Labute approximate surface area is 132 Å². The molecule has 122 valence electrons. The Kier molecular flexibility index (Phi) is 5.26. The molecular weight excluding hydrogens is 305 g/mol. The summed E-state index contributed by atoms with van der Waals surface area (Å²) in [5.41, 5.74) is 0.868. The average Bonchev–Trinajstić information content (AvgIpc) is 2.49. The van der Waals surface area contributed by atoms with Gasteiger partial charge in [0, 0.05) is 18.7 Å². The van der Waals surface area contributed by atoms with Gasteiger partial charge < -0.3 is 10.6 Å². The lowest BCUT2D eigenvalue weighted by molar-refractivity contribution is -0.137. The third-order valence-electron chi connectivity index (χ3n) is 3.32. The number of rotatable bonds is 5. The number of benzene rings is 2. The minimum atomic E-state index is -4.50. The molecule has 0 aliphatic rings. The molecule has 0 unspecified atom stereocenters. The van der Waals surface area contributed by atoms with Gasteiger partial charge in [-0.25, -0.2) is 0 Å². The monoisotopic (exact) mass is 322 g/mol. The lowest BCUT2D eigenvalue weighted by atomic mass is 10.1. The van der Waals surface area contributed by atoms with Crippen molar-refractivity contribution < 1.29 is 18.0 Å². The first kappa shape index (κ1) is 16.9. The maximum absolute atomic E-state index is 12.9. The fourth-order valence-corrected chi connectivity index (χ4v) is 2.13. The zero-order valence-corrected chi connectivity index (χ0v) is 12.6. The van der Waals surface area contributed by atoms with Crippen LogP contribution in [0.1, 0.15) is 17.5 Å². The van der Waals surface area contributed by atoms with E-state index in [0.29, 0.717) is 6.54 Å². The van der Waals surface area contributed by atoms with Gasteiger partial charge in [-0.2, -0.15) is 13.2 Å². The summed E-state index contributed by atoms with van der Waals surface area (Å²) in [6.45, 7) is 2.27. The molecule has 0 atom stereocenters. The molecule has 2 aromatic carbocycles. The number of hydrogen-bond donors (Lipinski definition) is 2. The highest BCUT2D eigenvalue weighted by atomic mass is 19.4. The smallest absolute Gasteiger partial charge is 0.384 e. The average molecular weight is 322 g/mol. The molecule has 0 aromatic heterocycles. The van der Waals surface area contributed by atoms with E-state index in [1.54, 1.807) is 0 Å². The molecule has 2 N–H and O–H groups in total. The minimum absolute atomic E-state index is 0.0700. The molecule has 2 aromatic rings. The number of alkyl halides is 3. The van der Waals surface area contributed by atoms with Crippen molar-refractivity contribution in [2.75, 3.05) is 17.2 Å². The molecule has 0 fully saturated rings. The highest BCUT2D eigenvalue weighted by Gasteiger charge is 2.33. The van der Waals surface area contributed by atoms with Crippen LogP contribution < -0.4 is 10.6 Å². The van der Waals surface area contributed by atoms with E-state index in [-0.39, 0.29) is 12.1 Å². The highest BCUT2D eigenvalue weighted by molar-refractivity contribution is 5.91. The molecule has 2 rings (SSSR count). The Morgan fingerprint density at radius 1 is 1.00 bits per heavy atom. The van der Waals surface area contributed by atoms with E-state index in [9.17, 15) is 18.0 Å². The summed E-state index contributed by atoms with van der Waals surface area (Å²) in [6, 6.07) is 12.5. The van der Waals surface area contributed by atoms with Crippen LogP contribution in [0.2, 0.25) is 0 Å². The summed E-state index contributed by atoms with van der Waals surface area (Å²) in [4.78, 5) is 11.8. The van der Waals surface area contributed by atoms with Crippen molar-refractivity contribution in [1.29, 1.82) is 0 Å². The van der Waals surface area contributed by atoms with Crippen LogP contribution in [0.5, 0.6) is 0 Å². The molecule has 0 saturated heterocycles. The largest absolute Gasteiger partial charge is 0.418 e. The Morgan fingerprint density at radius 2 is 1.61 bits per heavy atom. The number of anilines is 2. The van der Waals surface area contributed by atoms with Gasteiger partial charge in [-0.1, -0.05) is 30.3 Å². The summed E-state index contributed by atoms with van der Waals surface area (Å²) < 4.78 is 38.6. The number of aryl methyl sites for hydroxylation is 1. The second-order valence-corrected chi connectivity index (χ2v) is 5.08. The lowest BCUT2D eigenvalue weighted by Crippen LogP contribution is -2.19. The van der Waals surface area contributed by atoms with Gasteiger partial charge in [0.05, 0.1) is 11.3 Å². The molecule has 0 bridgehead atoms. The van der Waals surface area contributed by atoms with Crippen molar-refractivity contribution in [2.24, 2.45) is 0 Å². The predicted molar refractivity (Wildman–Crippen MR) is 84.4 cm³/mol. The number of carbonyl (C=O) groups excluding carboxylic acids is 1. The van der Waals surface area contributed by atoms with Crippen molar-refractivity contribution in [3.63, 3.8) is 0 Å². The van der Waals surface area contributed by atoms with Crippen molar-refractivity contribution >= 4 is 17.3 Å². The van der Waals surface area contributed by atoms with Crippen LogP contribution in [0.15, 0.2) is 48.5 Å². The fraction of sp³-hybridized carbons (Fsp3) is 0.235. The predicted octanol–water partition coefficient (Wildman–Crippen LogP) is 4.45. The number of para-hydroxylation sites is 2. The van der Waals surface area contributed by atoms with Crippen LogP contribution in [0.4, 0.5) is 24.5 Å². The molecule has 0 heterocycles. The molecule has 6 heteroatoms. The number of hydrogen-bond acceptors (Lipinski definition) is 2. The van der Waals surface area contributed by atoms with Gasteiger partial charge in [0.1, 0.15) is 0 Å². The second-order valence-electron chi connectivity index (χ2n) is 5.08. The molecule has 0 aliphatic heterocycles. The first-order valence-corrected chi connectivity index (χ1v) is 7.13. The van der Waals surface area contributed by atoms with E-state index in [1.165, 1.54) is 18.2 Å². The highest BCUT2D eigenvalue weighted by Crippen LogP contribution is 2.34. The van der Waals surface area contributed by atoms with E-state index in [2.05, 4.69) is 10.6 Å². The topological polar surface area (TPSA) is 41.1 Å². The first-order valence-electron chi connectivity index (χ1n) is 7.13. The van der Waals surface area contributed by atoms with E-state index >= 15 is 0 Å². The number of amides is 1. The maximum atomic E-state index is 12.9. The van der Waals surface area contributed by atoms with E-state index in [0.717, 1.165) is 17.3 Å². The zero-order chi connectivity index (χ0) is 16.9. The van der Waals surface area contributed by atoms with Gasteiger partial charge in [-0.05, 0) is 30.7 Å². The van der Waals surface area contributed by atoms with Crippen molar-refractivity contribution in [3.05, 3.63) is 59.7 Å². The molecule has 0 spiro atoms. The standard InChI is InChI=1S/C17H17F3N2O/c1-12-6-2-4-8-14(12)21-11-10-16(23)22-15-9-5-3-7-13(15)17(18,19)20/h2-9,21H,10-11H2,1H3,(H,22,23). The van der Waals surface area contributed by atoms with Gasteiger partial charge in [-0.15, -0.1) is 0 Å². The minimum Gasteiger partial charge on any atom is -0.384 e. The lowest BCUT2D eigenvalue weighted by Gasteiger charge is -2.14. The third kappa shape index (κ3) is 4.74. The van der Waals surface area contributed by atoms with E-state index in [4.69, 9.17) is 0 Å². The Morgan fingerprint density at radius 3 is 2.26 bits per heavy atom. The van der Waals surface area contributed by atoms with Gasteiger partial charge in [-0.3, -0.25) is 4.79 Å². The van der Waals surface area contributed by atoms with Crippen LogP contribution in [0, 0.1) is 6.92 Å². The van der Waals surface area contributed by atoms with Gasteiger partial charge in [0.2, 0.25) is 5.91 Å². The Bertz CT molecular complexity index is 684. The van der Waals surface area contributed by atoms with E-state index in [1.807, 2.05) is 31.2 Å². The Balaban J connectivity index is 1.92. The van der Waals surface area contributed by atoms with Crippen LogP contribution in [0.3, 0.4) is 0 Å². The molecule has 0 radical (unpaired) electrons. The molecule has 0 aliphatic carbocycles. The van der Waals surface area contributed by atoms with Crippen LogP contribution in [-0.4, -0.2) is 12.5 Å². The quantitative estimate of drug-likeness (QED) is 0.853. The number of carbonyl (C=O) groups is 1. The van der Waals surface area contributed by atoms with Crippen molar-refractivity contribution in [2.45, 2.75) is 19.5 Å². The van der Waals surface area contributed by atoms with Crippen molar-refractivity contribution in [1.82, 2.24) is 0 Å². The third-order valence-corrected chi connectivity index (χ3v) is 3.32. The Hall–Kier alpha value is -2.50. The van der Waals surface area contributed by atoms with E-state index < -0.39 is 17.6 Å². The van der Waals surface area contributed by atoms with Gasteiger partial charge >= 0.3 is 6.18 Å². The summed E-state index contributed by atoms with van der Waals surface area (Å²) in [5, 5.41) is 5.41. The molecule has 0 saturated carbocycles. The van der Waals surface area contributed by atoms with Crippen molar-refractivity contribution in [3.8, 4) is 0 Å². The summed E-state index contributed by atoms with van der Waals surface area (Å²) in [5.74, 6) is -0.470. The first-order chi connectivity index (χ1) is 10.9. The summed E-state index contributed by atoms with van der Waals surface area (Å²) in [6.07, 6.45) is -4.43. The molecular formula is C17H17F3N2O. The van der Waals surface area contributed by atoms with Crippen LogP contribution in [-0.2, 0) is 11.0 Å². The SMILES string of the molecule is Cc1ccccc1NCCC(=O)Nc1ccccc1C(F)(F)F. The fourth-order valence-electron chi connectivity index (χ4n) is 2.13. The van der Waals surface area contributed by atoms with Gasteiger partial charge in [0.25, 0.3) is 0 Å².